The molecule has 0 saturated heterocycles. The quantitative estimate of drug-likeness (QED) is 0.657. The Morgan fingerprint density at radius 1 is 1.00 bits per heavy atom. The summed E-state index contributed by atoms with van der Waals surface area (Å²) in [6.45, 7) is 0. The van der Waals surface area contributed by atoms with E-state index < -0.39 is 5.82 Å². The predicted molar refractivity (Wildman–Crippen MR) is 71.0 cm³/mol. The fraction of sp³-hybridized carbons (Fsp3) is 0. The Kier molecular flexibility index (Phi) is 3.01. The molecule has 0 unspecified atom stereocenters. The second kappa shape index (κ2) is 4.82. The number of pyridine rings is 2. The number of rotatable bonds is 2. The van der Waals surface area contributed by atoms with Gasteiger partial charge in [-0.05, 0) is 29.7 Å². The van der Waals surface area contributed by atoms with Gasteiger partial charge in [-0.1, -0.05) is 23.7 Å². The first-order valence-corrected chi connectivity index (χ1v) is 5.95. The summed E-state index contributed by atoms with van der Waals surface area (Å²) in [6, 6.07) is 9.70. The second-order valence-corrected chi connectivity index (χ2v) is 4.21. The van der Waals surface area contributed by atoms with E-state index in [0.717, 1.165) is 5.39 Å². The van der Waals surface area contributed by atoms with Gasteiger partial charge in [0.25, 0.3) is 0 Å². The van der Waals surface area contributed by atoms with Gasteiger partial charge in [0.05, 0.1) is 5.39 Å². The first kappa shape index (κ1) is 11.9. The number of nitrogens with zero attached hydrogens (tertiary/aromatic N) is 2. The van der Waals surface area contributed by atoms with Gasteiger partial charge in [-0.25, -0.2) is 14.4 Å². The lowest BCUT2D eigenvalue weighted by atomic mass is 10.2. The second-order valence-electron chi connectivity index (χ2n) is 3.85. The van der Waals surface area contributed by atoms with Gasteiger partial charge in [0.15, 0.2) is 11.6 Å². The van der Waals surface area contributed by atoms with Crippen LogP contribution in [0.1, 0.15) is 0 Å². The number of benzene rings is 1. The van der Waals surface area contributed by atoms with Crippen LogP contribution in [0.2, 0.25) is 5.15 Å². The number of aromatic nitrogens is 2. The maximum absolute atomic E-state index is 13.6. The summed E-state index contributed by atoms with van der Waals surface area (Å²) in [5.41, 5.74) is 0. The zero-order valence-electron chi connectivity index (χ0n) is 9.68. The molecule has 1 aromatic carbocycles. The summed E-state index contributed by atoms with van der Waals surface area (Å²) in [5, 5.41) is 1.67. The molecule has 0 aliphatic rings. The summed E-state index contributed by atoms with van der Waals surface area (Å²) in [6.07, 6.45) is 3.17. The highest BCUT2D eigenvalue weighted by Gasteiger charge is 2.11. The van der Waals surface area contributed by atoms with Crippen molar-refractivity contribution in [2.45, 2.75) is 0 Å². The average molecular weight is 275 g/mol. The van der Waals surface area contributed by atoms with Crippen LogP contribution in [0.25, 0.3) is 10.8 Å². The van der Waals surface area contributed by atoms with Crippen LogP contribution >= 0.6 is 11.6 Å². The Labute approximate surface area is 113 Å². The molecule has 3 rings (SSSR count). The smallest absolute Gasteiger partial charge is 0.230 e. The minimum Gasteiger partial charge on any atom is -0.435 e. The molecule has 0 aliphatic carbocycles. The third-order valence-electron chi connectivity index (χ3n) is 2.64. The number of hydrogen-bond donors (Lipinski definition) is 0. The van der Waals surface area contributed by atoms with Gasteiger partial charge < -0.3 is 4.74 Å². The Balaban J connectivity index is 2.14. The maximum atomic E-state index is 13.6. The highest BCUT2D eigenvalue weighted by atomic mass is 35.5. The van der Waals surface area contributed by atoms with E-state index in [-0.39, 0.29) is 16.8 Å². The molecule has 19 heavy (non-hydrogen) atoms. The van der Waals surface area contributed by atoms with Crippen LogP contribution < -0.4 is 4.74 Å². The summed E-state index contributed by atoms with van der Waals surface area (Å²) in [5.74, 6) is -0.121. The van der Waals surface area contributed by atoms with Crippen LogP contribution in [-0.2, 0) is 0 Å². The number of hydrogen-bond acceptors (Lipinski definition) is 3. The van der Waals surface area contributed by atoms with Crippen molar-refractivity contribution in [2.75, 3.05) is 0 Å². The van der Waals surface area contributed by atoms with E-state index in [2.05, 4.69) is 9.97 Å². The van der Waals surface area contributed by atoms with E-state index in [1.165, 1.54) is 12.1 Å². The van der Waals surface area contributed by atoms with E-state index in [1.807, 2.05) is 0 Å². The third kappa shape index (κ3) is 2.22. The van der Waals surface area contributed by atoms with Gasteiger partial charge in [-0.2, -0.15) is 0 Å². The molecule has 0 fully saturated rings. The van der Waals surface area contributed by atoms with Crippen molar-refractivity contribution in [1.82, 2.24) is 9.97 Å². The molecule has 3 aromatic rings. The van der Waals surface area contributed by atoms with E-state index in [1.54, 1.807) is 36.7 Å². The molecule has 5 heteroatoms. The normalized spacial score (nSPS) is 10.6. The summed E-state index contributed by atoms with van der Waals surface area (Å²) < 4.78 is 19.1. The average Bonchev–Trinajstić information content (AvgIpc) is 2.42. The summed E-state index contributed by atoms with van der Waals surface area (Å²) >= 11 is 6.04. The van der Waals surface area contributed by atoms with Crippen LogP contribution in [-0.4, -0.2) is 9.97 Å². The van der Waals surface area contributed by atoms with Crippen molar-refractivity contribution in [3.8, 4) is 11.6 Å². The molecule has 2 heterocycles. The van der Waals surface area contributed by atoms with Gasteiger partial charge >= 0.3 is 0 Å². The maximum Gasteiger partial charge on any atom is 0.230 e. The first-order valence-electron chi connectivity index (χ1n) is 5.57. The van der Waals surface area contributed by atoms with Gasteiger partial charge in [0, 0.05) is 12.4 Å². The van der Waals surface area contributed by atoms with Crippen LogP contribution in [0.15, 0.2) is 48.8 Å². The molecule has 94 valence electrons. The lowest BCUT2D eigenvalue weighted by molar-refractivity contribution is 0.432. The van der Waals surface area contributed by atoms with Crippen molar-refractivity contribution < 1.29 is 9.13 Å². The highest BCUT2D eigenvalue weighted by Crippen LogP contribution is 2.32. The van der Waals surface area contributed by atoms with Crippen molar-refractivity contribution in [1.29, 1.82) is 0 Å². The number of fused-ring (bicyclic) bond motifs is 1. The van der Waals surface area contributed by atoms with Crippen molar-refractivity contribution >= 4 is 22.4 Å². The molecule has 2 aromatic heterocycles. The number of ether oxygens (including phenoxy) is 1. The summed E-state index contributed by atoms with van der Waals surface area (Å²) in [4.78, 5) is 8.07. The molecule has 0 aliphatic heterocycles. The molecule has 0 radical (unpaired) electrons. The lowest BCUT2D eigenvalue weighted by Gasteiger charge is -2.08. The zero-order chi connectivity index (χ0) is 13.2. The van der Waals surface area contributed by atoms with E-state index in [9.17, 15) is 4.39 Å². The fourth-order valence-electron chi connectivity index (χ4n) is 1.76. The summed E-state index contributed by atoms with van der Waals surface area (Å²) in [7, 11) is 0. The van der Waals surface area contributed by atoms with Gasteiger partial charge in [-0.3, -0.25) is 0 Å². The standard InChI is InChI=1S/C14H8ClFN2O/c15-13-12-9(5-7-17-13)6-8-18-14(12)19-11-4-2-1-3-10(11)16/h1-8H. The first-order chi connectivity index (χ1) is 9.25. The molecule has 0 bridgehead atoms. The molecular weight excluding hydrogens is 267 g/mol. The van der Waals surface area contributed by atoms with Crippen molar-refractivity contribution in [3.63, 3.8) is 0 Å². The lowest BCUT2D eigenvalue weighted by Crippen LogP contribution is -1.93. The Morgan fingerprint density at radius 2 is 1.74 bits per heavy atom. The number of halogens is 2. The third-order valence-corrected chi connectivity index (χ3v) is 2.93. The van der Waals surface area contributed by atoms with E-state index in [4.69, 9.17) is 16.3 Å². The highest BCUT2D eigenvalue weighted by molar-refractivity contribution is 6.34. The van der Waals surface area contributed by atoms with E-state index in [0.29, 0.717) is 5.39 Å². The minimum absolute atomic E-state index is 0.0995. The molecule has 0 N–H and O–H groups in total. The SMILES string of the molecule is Fc1ccccc1Oc1nccc2ccnc(Cl)c12. The molecule has 0 amide bonds. The van der Waals surface area contributed by atoms with Crippen LogP contribution in [0, 0.1) is 5.82 Å². The molecule has 0 atom stereocenters. The zero-order valence-corrected chi connectivity index (χ0v) is 10.4. The fourth-order valence-corrected chi connectivity index (χ4v) is 2.01. The van der Waals surface area contributed by atoms with E-state index >= 15 is 0 Å². The van der Waals surface area contributed by atoms with Gasteiger partial charge in [0.1, 0.15) is 5.15 Å². The largest absolute Gasteiger partial charge is 0.435 e. The van der Waals surface area contributed by atoms with Crippen molar-refractivity contribution in [3.05, 3.63) is 59.8 Å². The van der Waals surface area contributed by atoms with Crippen LogP contribution in [0.5, 0.6) is 11.6 Å². The Morgan fingerprint density at radius 3 is 2.53 bits per heavy atom. The van der Waals surface area contributed by atoms with Gasteiger partial charge in [0.2, 0.25) is 5.88 Å². The Bertz CT molecular complexity index is 743. The number of para-hydroxylation sites is 1. The topological polar surface area (TPSA) is 35.0 Å². The predicted octanol–water partition coefficient (Wildman–Crippen LogP) is 4.21. The van der Waals surface area contributed by atoms with Crippen LogP contribution in [0.3, 0.4) is 0 Å². The van der Waals surface area contributed by atoms with Crippen molar-refractivity contribution in [2.24, 2.45) is 0 Å². The minimum atomic E-state index is -0.457. The molecule has 0 spiro atoms. The molecule has 0 saturated carbocycles. The van der Waals surface area contributed by atoms with Crippen LogP contribution in [0.4, 0.5) is 4.39 Å². The monoisotopic (exact) mass is 274 g/mol. The molecular formula is C14H8ClFN2O. The van der Waals surface area contributed by atoms with Gasteiger partial charge in [-0.15, -0.1) is 0 Å². The molecule has 3 nitrogen and oxygen atoms in total. The Hall–Kier alpha value is -2.20.